The monoisotopic (exact) mass is 471 g/mol. The molecular weight excluding hydrogens is 442 g/mol. The van der Waals surface area contributed by atoms with E-state index >= 15 is 0 Å². The molecule has 2 aromatic carbocycles. The quantitative estimate of drug-likeness (QED) is 0.490. The third-order valence-electron chi connectivity index (χ3n) is 5.83. The number of aromatic nitrogens is 1. The molecule has 1 unspecified atom stereocenters. The van der Waals surface area contributed by atoms with Crippen LogP contribution in [0.15, 0.2) is 59.5 Å². The summed E-state index contributed by atoms with van der Waals surface area (Å²) in [6.07, 6.45) is 1.41. The van der Waals surface area contributed by atoms with Gasteiger partial charge in [-0.25, -0.2) is 13.2 Å². The van der Waals surface area contributed by atoms with E-state index in [1.807, 2.05) is 41.8 Å². The first kappa shape index (κ1) is 24.5. The van der Waals surface area contributed by atoms with Gasteiger partial charge in [-0.05, 0) is 68.3 Å². The second-order valence-electron chi connectivity index (χ2n) is 7.78. The van der Waals surface area contributed by atoms with Crippen molar-refractivity contribution in [3.05, 3.63) is 65.9 Å². The Morgan fingerprint density at radius 2 is 1.67 bits per heavy atom. The normalized spacial score (nSPS) is 13.5. The van der Waals surface area contributed by atoms with E-state index in [4.69, 9.17) is 9.47 Å². The van der Waals surface area contributed by atoms with Crippen molar-refractivity contribution >= 4 is 15.8 Å². The van der Waals surface area contributed by atoms with Crippen LogP contribution in [0.1, 0.15) is 31.5 Å². The van der Waals surface area contributed by atoms with Crippen LogP contribution in [0.3, 0.4) is 0 Å². The first-order valence-electron chi connectivity index (χ1n) is 10.6. The average Bonchev–Trinajstić information content (AvgIpc) is 3.14. The van der Waals surface area contributed by atoms with Gasteiger partial charge in [0.2, 0.25) is 0 Å². The van der Waals surface area contributed by atoms with E-state index in [2.05, 4.69) is 0 Å². The van der Waals surface area contributed by atoms with Crippen LogP contribution in [0.25, 0.3) is 16.9 Å². The first-order valence-corrected chi connectivity index (χ1v) is 12.5. The maximum atomic E-state index is 12.4. The number of benzene rings is 2. The standard InChI is InChI=1S/C25H29NO6S/c1-6-25(24(27)28,32-7-2)22-16-23(18-8-14-21(15-9-18)33(5,29)30)26(17(22)3)19-10-12-20(31-4)13-11-19/h8-16H,6-7H2,1-5H3,(H,27,28). The predicted octanol–water partition coefficient (Wildman–Crippen LogP) is 4.59. The minimum atomic E-state index is -3.34. The number of nitrogens with zero attached hydrogens (tertiary/aromatic N) is 1. The number of sulfone groups is 1. The molecule has 1 atom stereocenters. The van der Waals surface area contributed by atoms with Crippen LogP contribution in [0.5, 0.6) is 5.75 Å². The largest absolute Gasteiger partial charge is 0.497 e. The highest BCUT2D eigenvalue weighted by atomic mass is 32.2. The molecule has 0 bridgehead atoms. The van der Waals surface area contributed by atoms with E-state index < -0.39 is 21.4 Å². The topological polar surface area (TPSA) is 94.8 Å². The molecule has 176 valence electrons. The highest BCUT2D eigenvalue weighted by Gasteiger charge is 2.42. The molecule has 0 saturated heterocycles. The van der Waals surface area contributed by atoms with Crippen molar-refractivity contribution in [3.63, 3.8) is 0 Å². The maximum Gasteiger partial charge on any atom is 0.340 e. The maximum absolute atomic E-state index is 12.4. The van der Waals surface area contributed by atoms with Crippen molar-refractivity contribution in [3.8, 4) is 22.7 Å². The lowest BCUT2D eigenvalue weighted by atomic mass is 9.90. The number of methoxy groups -OCH3 is 1. The van der Waals surface area contributed by atoms with Gasteiger partial charge in [-0.3, -0.25) is 0 Å². The summed E-state index contributed by atoms with van der Waals surface area (Å²) in [6.45, 7) is 5.66. The lowest BCUT2D eigenvalue weighted by Crippen LogP contribution is -2.38. The molecule has 0 saturated carbocycles. The van der Waals surface area contributed by atoms with Crippen LogP contribution in [0.4, 0.5) is 0 Å². The summed E-state index contributed by atoms with van der Waals surface area (Å²) in [5.41, 5.74) is 2.06. The lowest BCUT2D eigenvalue weighted by Gasteiger charge is -2.28. The number of carboxylic acids is 1. The third-order valence-corrected chi connectivity index (χ3v) is 6.95. The van der Waals surface area contributed by atoms with Gasteiger partial charge < -0.3 is 19.1 Å². The average molecular weight is 472 g/mol. The Balaban J connectivity index is 2.31. The Hall–Kier alpha value is -3.10. The van der Waals surface area contributed by atoms with Gasteiger partial charge in [0, 0.05) is 29.8 Å². The molecule has 1 N–H and O–H groups in total. The summed E-state index contributed by atoms with van der Waals surface area (Å²) in [6, 6.07) is 15.8. The number of carboxylic acid groups (broad SMARTS) is 1. The Bertz CT molecular complexity index is 1240. The zero-order chi connectivity index (χ0) is 24.4. The van der Waals surface area contributed by atoms with Crippen LogP contribution < -0.4 is 4.74 Å². The molecule has 1 aromatic heterocycles. The fraction of sp³-hybridized carbons (Fsp3) is 0.320. The van der Waals surface area contributed by atoms with Crippen LogP contribution in [0.2, 0.25) is 0 Å². The summed E-state index contributed by atoms with van der Waals surface area (Å²) < 4.78 is 36.9. The molecular formula is C25H29NO6S. The molecule has 33 heavy (non-hydrogen) atoms. The Labute approximate surface area is 194 Å². The molecule has 0 radical (unpaired) electrons. The fourth-order valence-corrected chi connectivity index (χ4v) is 4.74. The van der Waals surface area contributed by atoms with Gasteiger partial charge in [0.1, 0.15) is 5.75 Å². The Kier molecular flexibility index (Phi) is 7.00. The van der Waals surface area contributed by atoms with Gasteiger partial charge in [-0.15, -0.1) is 0 Å². The SMILES string of the molecule is CCOC(CC)(C(=O)O)c1cc(-c2ccc(S(C)(=O)=O)cc2)n(-c2ccc(OC)cc2)c1C. The van der Waals surface area contributed by atoms with Gasteiger partial charge in [0.25, 0.3) is 0 Å². The van der Waals surface area contributed by atoms with Crippen molar-refractivity contribution in [2.24, 2.45) is 0 Å². The van der Waals surface area contributed by atoms with E-state index in [9.17, 15) is 18.3 Å². The fourth-order valence-electron chi connectivity index (χ4n) is 4.11. The van der Waals surface area contributed by atoms with Gasteiger partial charge >= 0.3 is 5.97 Å². The lowest BCUT2D eigenvalue weighted by molar-refractivity contribution is -0.168. The highest BCUT2D eigenvalue weighted by Crippen LogP contribution is 2.39. The molecule has 0 aliphatic rings. The van der Waals surface area contributed by atoms with Crippen LogP contribution in [0, 0.1) is 6.92 Å². The number of rotatable bonds is 9. The zero-order valence-electron chi connectivity index (χ0n) is 19.5. The second-order valence-corrected chi connectivity index (χ2v) is 9.79. The zero-order valence-corrected chi connectivity index (χ0v) is 20.3. The van der Waals surface area contributed by atoms with Crippen LogP contribution >= 0.6 is 0 Å². The summed E-state index contributed by atoms with van der Waals surface area (Å²) in [5.74, 6) is -0.355. The molecule has 0 spiro atoms. The van der Waals surface area contributed by atoms with Crippen LogP contribution in [-0.4, -0.2) is 44.0 Å². The Morgan fingerprint density at radius 1 is 1.06 bits per heavy atom. The van der Waals surface area contributed by atoms with Crippen molar-refractivity contribution in [2.75, 3.05) is 20.0 Å². The number of hydrogen-bond donors (Lipinski definition) is 1. The first-order chi connectivity index (χ1) is 15.6. The van der Waals surface area contributed by atoms with E-state index in [0.717, 1.165) is 28.9 Å². The smallest absolute Gasteiger partial charge is 0.340 e. The van der Waals surface area contributed by atoms with Gasteiger partial charge in [-0.1, -0.05) is 19.1 Å². The number of ether oxygens (including phenoxy) is 2. The molecule has 1 heterocycles. The summed E-state index contributed by atoms with van der Waals surface area (Å²) in [4.78, 5) is 12.6. The molecule has 0 amide bonds. The summed E-state index contributed by atoms with van der Waals surface area (Å²) >= 11 is 0. The third kappa shape index (κ3) is 4.54. The van der Waals surface area contributed by atoms with E-state index in [0.29, 0.717) is 11.3 Å². The van der Waals surface area contributed by atoms with Crippen molar-refractivity contribution in [2.45, 2.75) is 37.7 Å². The van der Waals surface area contributed by atoms with Crippen molar-refractivity contribution < 1.29 is 27.8 Å². The van der Waals surface area contributed by atoms with Crippen molar-refractivity contribution in [1.82, 2.24) is 4.57 Å². The molecule has 3 aromatic rings. The highest BCUT2D eigenvalue weighted by molar-refractivity contribution is 7.90. The second kappa shape index (κ2) is 9.41. The van der Waals surface area contributed by atoms with Gasteiger partial charge in [-0.2, -0.15) is 0 Å². The minimum absolute atomic E-state index is 0.216. The van der Waals surface area contributed by atoms with Crippen molar-refractivity contribution in [1.29, 1.82) is 0 Å². The molecule has 0 fully saturated rings. The summed E-state index contributed by atoms with van der Waals surface area (Å²) in [5, 5.41) is 10.2. The van der Waals surface area contributed by atoms with E-state index in [1.165, 1.54) is 0 Å². The van der Waals surface area contributed by atoms with Gasteiger partial charge in [0.05, 0.1) is 17.7 Å². The molecule has 0 aliphatic heterocycles. The van der Waals surface area contributed by atoms with E-state index in [-0.39, 0.29) is 17.9 Å². The van der Waals surface area contributed by atoms with Crippen LogP contribution in [-0.2, 0) is 25.0 Å². The Morgan fingerprint density at radius 3 is 2.12 bits per heavy atom. The number of carbonyl (C=O) groups is 1. The summed E-state index contributed by atoms with van der Waals surface area (Å²) in [7, 11) is -1.75. The molecule has 0 aliphatic carbocycles. The minimum Gasteiger partial charge on any atom is -0.497 e. The molecule has 8 heteroatoms. The van der Waals surface area contributed by atoms with E-state index in [1.54, 1.807) is 45.2 Å². The predicted molar refractivity (Wildman–Crippen MR) is 127 cm³/mol. The van der Waals surface area contributed by atoms with Gasteiger partial charge in [0.15, 0.2) is 15.4 Å². The number of aliphatic carboxylic acids is 1. The molecule has 3 rings (SSSR count). The number of hydrogen-bond acceptors (Lipinski definition) is 5. The molecule has 7 nitrogen and oxygen atoms in total.